The number of hydrogen-bond donors (Lipinski definition) is 3. The quantitative estimate of drug-likeness (QED) is 0.736. The number of carbonyl (C=O) groups excluding carboxylic acids is 1. The van der Waals surface area contributed by atoms with E-state index in [4.69, 9.17) is 0 Å². The molecule has 0 fully saturated rings. The minimum absolute atomic E-state index is 0.00809. The molecule has 1 aromatic heterocycles. The van der Waals surface area contributed by atoms with Gasteiger partial charge in [-0.1, -0.05) is 0 Å². The van der Waals surface area contributed by atoms with Crippen LogP contribution in [0, 0.1) is 6.92 Å². The Morgan fingerprint density at radius 1 is 1.53 bits per heavy atom. The molecule has 1 rings (SSSR count). The Morgan fingerprint density at radius 2 is 2.18 bits per heavy atom. The van der Waals surface area contributed by atoms with Crippen LogP contribution in [0.3, 0.4) is 0 Å². The lowest BCUT2D eigenvalue weighted by Crippen LogP contribution is -2.49. The van der Waals surface area contributed by atoms with Crippen molar-refractivity contribution in [1.29, 1.82) is 0 Å². The Balaban J connectivity index is 2.39. The topological polar surface area (TPSA) is 69.8 Å². The lowest BCUT2D eigenvalue weighted by atomic mass is 10.1. The summed E-state index contributed by atoms with van der Waals surface area (Å²) < 4.78 is 0. The van der Waals surface area contributed by atoms with Gasteiger partial charge >= 0.3 is 0 Å². The molecular weight excluding hydrogens is 216 g/mol. The zero-order valence-electron chi connectivity index (χ0n) is 11.2. The fourth-order valence-electron chi connectivity index (χ4n) is 1.40. The number of rotatable bonds is 4. The first-order valence-electron chi connectivity index (χ1n) is 5.84. The summed E-state index contributed by atoms with van der Waals surface area (Å²) in [5.41, 5.74) is 0.787. The number of aryl methyl sites for hydroxylation is 1. The van der Waals surface area contributed by atoms with Crippen LogP contribution in [0.15, 0.2) is 6.20 Å². The molecule has 1 unspecified atom stereocenters. The first-order chi connectivity index (χ1) is 7.78. The van der Waals surface area contributed by atoms with Gasteiger partial charge in [0, 0.05) is 24.0 Å². The van der Waals surface area contributed by atoms with Gasteiger partial charge < -0.3 is 15.6 Å². The highest BCUT2D eigenvalue weighted by Gasteiger charge is 2.18. The van der Waals surface area contributed by atoms with Crippen molar-refractivity contribution < 1.29 is 4.79 Å². The average Bonchev–Trinajstić information content (AvgIpc) is 2.58. The molecule has 3 N–H and O–H groups in total. The van der Waals surface area contributed by atoms with E-state index in [1.807, 2.05) is 34.6 Å². The molecule has 0 aliphatic rings. The fraction of sp³-hybridized carbons (Fsp3) is 0.667. The van der Waals surface area contributed by atoms with E-state index in [9.17, 15) is 4.79 Å². The van der Waals surface area contributed by atoms with Crippen LogP contribution in [0.2, 0.25) is 0 Å². The van der Waals surface area contributed by atoms with E-state index in [0.29, 0.717) is 6.54 Å². The summed E-state index contributed by atoms with van der Waals surface area (Å²) in [5.74, 6) is 0.891. The van der Waals surface area contributed by atoms with Crippen LogP contribution in [-0.2, 0) is 11.3 Å². The minimum atomic E-state index is -0.224. The zero-order valence-corrected chi connectivity index (χ0v) is 11.2. The van der Waals surface area contributed by atoms with Gasteiger partial charge in [0.05, 0.1) is 6.04 Å². The number of nitrogens with one attached hydrogen (secondary N) is 3. The smallest absolute Gasteiger partial charge is 0.237 e. The van der Waals surface area contributed by atoms with E-state index in [1.54, 1.807) is 6.20 Å². The van der Waals surface area contributed by atoms with Crippen LogP contribution in [0.5, 0.6) is 0 Å². The Kier molecular flexibility index (Phi) is 4.28. The van der Waals surface area contributed by atoms with E-state index < -0.39 is 0 Å². The lowest BCUT2D eigenvalue weighted by molar-refractivity contribution is -0.124. The molecule has 5 heteroatoms. The molecule has 1 amide bonds. The van der Waals surface area contributed by atoms with Crippen LogP contribution in [0.4, 0.5) is 0 Å². The molecule has 0 aliphatic carbocycles. The molecule has 0 aromatic carbocycles. The number of H-pyrrole nitrogens is 1. The maximum Gasteiger partial charge on any atom is 0.237 e. The van der Waals surface area contributed by atoms with Crippen LogP contribution in [0.1, 0.15) is 39.2 Å². The van der Waals surface area contributed by atoms with E-state index in [1.165, 1.54) is 0 Å². The van der Waals surface area contributed by atoms with Gasteiger partial charge in [-0.15, -0.1) is 0 Å². The molecule has 96 valence electrons. The summed E-state index contributed by atoms with van der Waals surface area (Å²) in [7, 11) is 0. The maximum atomic E-state index is 11.8. The second kappa shape index (κ2) is 5.31. The number of aromatic nitrogens is 2. The summed E-state index contributed by atoms with van der Waals surface area (Å²) in [5, 5.41) is 6.08. The molecular formula is C12H22N4O. The molecule has 0 spiro atoms. The Morgan fingerprint density at radius 3 is 2.65 bits per heavy atom. The van der Waals surface area contributed by atoms with E-state index in [2.05, 4.69) is 20.6 Å². The fourth-order valence-corrected chi connectivity index (χ4v) is 1.40. The monoisotopic (exact) mass is 238 g/mol. The summed E-state index contributed by atoms with van der Waals surface area (Å²) in [6.07, 6.45) is 1.77. The maximum absolute atomic E-state index is 11.8. The molecule has 5 nitrogen and oxygen atoms in total. The van der Waals surface area contributed by atoms with Crippen molar-refractivity contribution in [3.05, 3.63) is 17.7 Å². The van der Waals surface area contributed by atoms with Crippen molar-refractivity contribution >= 4 is 5.91 Å². The van der Waals surface area contributed by atoms with Crippen molar-refractivity contribution in [1.82, 2.24) is 20.6 Å². The second-order valence-corrected chi connectivity index (χ2v) is 5.34. The number of nitrogens with zero attached hydrogens (tertiary/aromatic N) is 1. The van der Waals surface area contributed by atoms with Crippen molar-refractivity contribution in [2.75, 3.05) is 0 Å². The molecule has 0 radical (unpaired) electrons. The second-order valence-electron chi connectivity index (χ2n) is 5.34. The Labute approximate surface area is 102 Å². The number of carbonyl (C=O) groups is 1. The number of hydrogen-bond acceptors (Lipinski definition) is 3. The molecule has 17 heavy (non-hydrogen) atoms. The van der Waals surface area contributed by atoms with E-state index in [0.717, 1.165) is 11.5 Å². The highest BCUT2D eigenvalue weighted by atomic mass is 16.2. The Hall–Kier alpha value is -1.36. The van der Waals surface area contributed by atoms with E-state index in [-0.39, 0.29) is 17.5 Å². The summed E-state index contributed by atoms with van der Waals surface area (Å²) in [4.78, 5) is 19.0. The first kappa shape index (κ1) is 13.7. The van der Waals surface area contributed by atoms with Gasteiger partial charge in [-0.3, -0.25) is 4.79 Å². The molecule has 0 saturated heterocycles. The van der Waals surface area contributed by atoms with Crippen LogP contribution in [0.25, 0.3) is 0 Å². The third kappa shape index (κ3) is 4.99. The van der Waals surface area contributed by atoms with Crippen molar-refractivity contribution in [3.8, 4) is 0 Å². The van der Waals surface area contributed by atoms with Crippen molar-refractivity contribution in [2.45, 2.75) is 52.7 Å². The molecule has 0 bridgehead atoms. The largest absolute Gasteiger partial charge is 0.350 e. The number of aromatic amines is 1. The molecule has 0 aliphatic heterocycles. The summed E-state index contributed by atoms with van der Waals surface area (Å²) in [6.45, 7) is 10.3. The number of imidazole rings is 1. The van der Waals surface area contributed by atoms with Gasteiger partial charge in [0.2, 0.25) is 5.91 Å². The highest BCUT2D eigenvalue weighted by molar-refractivity contribution is 5.81. The highest BCUT2D eigenvalue weighted by Crippen LogP contribution is 2.00. The minimum Gasteiger partial charge on any atom is -0.350 e. The predicted octanol–water partition coefficient (Wildman–Crippen LogP) is 1.11. The average molecular weight is 238 g/mol. The normalized spacial score (nSPS) is 13.5. The molecule has 0 saturated carbocycles. The van der Waals surface area contributed by atoms with Crippen molar-refractivity contribution in [3.63, 3.8) is 0 Å². The molecule has 1 atom stereocenters. The third-order valence-corrected chi connectivity index (χ3v) is 2.25. The van der Waals surface area contributed by atoms with Crippen LogP contribution >= 0.6 is 0 Å². The lowest BCUT2D eigenvalue weighted by Gasteiger charge is -2.23. The van der Waals surface area contributed by atoms with Gasteiger partial charge in [0.1, 0.15) is 5.82 Å². The zero-order chi connectivity index (χ0) is 13.1. The SMILES string of the molecule is Cc1ncc(CNC(C)C(=O)NC(C)(C)C)[nH]1. The van der Waals surface area contributed by atoms with Gasteiger partial charge in [0.25, 0.3) is 0 Å². The Bertz CT molecular complexity index is 378. The van der Waals surface area contributed by atoms with Gasteiger partial charge in [-0.2, -0.15) is 0 Å². The first-order valence-corrected chi connectivity index (χ1v) is 5.84. The summed E-state index contributed by atoms with van der Waals surface area (Å²) >= 11 is 0. The van der Waals surface area contributed by atoms with Crippen LogP contribution < -0.4 is 10.6 Å². The standard InChI is InChI=1S/C12H22N4O/c1-8(11(17)16-12(3,4)5)13-6-10-7-14-9(2)15-10/h7-8,13H,6H2,1-5H3,(H,14,15)(H,16,17). The van der Waals surface area contributed by atoms with Gasteiger partial charge in [-0.05, 0) is 34.6 Å². The van der Waals surface area contributed by atoms with Crippen LogP contribution in [-0.4, -0.2) is 27.5 Å². The third-order valence-electron chi connectivity index (χ3n) is 2.25. The number of amides is 1. The molecule has 1 aromatic rings. The molecule has 1 heterocycles. The van der Waals surface area contributed by atoms with Gasteiger partial charge in [-0.25, -0.2) is 4.98 Å². The van der Waals surface area contributed by atoms with Crippen molar-refractivity contribution in [2.24, 2.45) is 0 Å². The summed E-state index contributed by atoms with van der Waals surface area (Å²) in [6, 6.07) is -0.224. The van der Waals surface area contributed by atoms with E-state index >= 15 is 0 Å². The van der Waals surface area contributed by atoms with Gasteiger partial charge in [0.15, 0.2) is 0 Å². The predicted molar refractivity (Wildman–Crippen MR) is 67.5 cm³/mol.